The first kappa shape index (κ1) is 24.8. The minimum absolute atomic E-state index is 0.104. The Kier molecular flexibility index (Phi) is 9.15. The minimum atomic E-state index is -0.104. The van der Waals surface area contributed by atoms with Gasteiger partial charge in [0.25, 0.3) is 0 Å². The third-order valence-electron chi connectivity index (χ3n) is 5.61. The van der Waals surface area contributed by atoms with Crippen LogP contribution in [0.25, 0.3) is 12.2 Å². The quantitative estimate of drug-likeness (QED) is 0.361. The second-order valence-corrected chi connectivity index (χ2v) is 8.16. The van der Waals surface area contributed by atoms with E-state index in [9.17, 15) is 0 Å². The predicted octanol–water partition coefficient (Wildman–Crippen LogP) is 5.59. The maximum absolute atomic E-state index is 6.26. The molecule has 2 heterocycles. The number of rotatable bonds is 11. The van der Waals surface area contributed by atoms with Crippen molar-refractivity contribution in [1.82, 2.24) is 4.98 Å². The lowest BCUT2D eigenvalue weighted by atomic mass is 10.1. The Morgan fingerprint density at radius 3 is 2.49 bits per heavy atom. The summed E-state index contributed by atoms with van der Waals surface area (Å²) in [6, 6.07) is 20.0. The molecule has 3 aromatic rings. The second kappa shape index (κ2) is 12.9. The van der Waals surface area contributed by atoms with Crippen LogP contribution < -0.4 is 14.2 Å². The van der Waals surface area contributed by atoms with Crippen molar-refractivity contribution in [2.24, 2.45) is 0 Å². The molecule has 1 aliphatic heterocycles. The van der Waals surface area contributed by atoms with Crippen LogP contribution in [0.3, 0.4) is 0 Å². The van der Waals surface area contributed by atoms with E-state index < -0.39 is 0 Å². The van der Waals surface area contributed by atoms with E-state index in [0.29, 0.717) is 45.5 Å². The summed E-state index contributed by atoms with van der Waals surface area (Å²) in [5.74, 6) is 2.14. The van der Waals surface area contributed by atoms with Gasteiger partial charge in [-0.2, -0.15) is 0 Å². The predicted molar refractivity (Wildman–Crippen MR) is 137 cm³/mol. The van der Waals surface area contributed by atoms with Crippen LogP contribution >= 0.6 is 0 Å². The molecule has 2 aromatic carbocycles. The van der Waals surface area contributed by atoms with Crippen LogP contribution in [0.1, 0.15) is 36.2 Å². The zero-order valence-electron chi connectivity index (χ0n) is 20.4. The summed E-state index contributed by atoms with van der Waals surface area (Å²) in [5, 5.41) is 0. The molecule has 0 bridgehead atoms. The van der Waals surface area contributed by atoms with Crippen LogP contribution in [0, 0.1) is 0 Å². The molecule has 0 saturated carbocycles. The number of hydrogen-bond acceptors (Lipinski definition) is 6. The minimum Gasteiger partial charge on any atom is -0.494 e. The fraction of sp³-hybridized carbons (Fsp3) is 0.345. The van der Waals surface area contributed by atoms with Crippen molar-refractivity contribution in [3.63, 3.8) is 0 Å². The van der Waals surface area contributed by atoms with Gasteiger partial charge < -0.3 is 23.7 Å². The molecule has 1 saturated heterocycles. The van der Waals surface area contributed by atoms with Gasteiger partial charge in [0.15, 0.2) is 0 Å². The summed E-state index contributed by atoms with van der Waals surface area (Å²) in [7, 11) is 0. The normalized spacial score (nSPS) is 15.8. The van der Waals surface area contributed by atoms with Gasteiger partial charge in [-0.3, -0.25) is 0 Å². The molecule has 35 heavy (non-hydrogen) atoms. The van der Waals surface area contributed by atoms with E-state index in [1.165, 1.54) is 0 Å². The van der Waals surface area contributed by atoms with Gasteiger partial charge in [-0.15, -0.1) is 0 Å². The molecule has 1 aliphatic rings. The molecule has 4 rings (SSSR count). The molecule has 0 spiro atoms. The van der Waals surface area contributed by atoms with Gasteiger partial charge in [-0.05, 0) is 42.7 Å². The summed E-state index contributed by atoms with van der Waals surface area (Å²) in [6.45, 7) is 7.30. The van der Waals surface area contributed by atoms with Crippen molar-refractivity contribution in [3.8, 4) is 17.4 Å². The van der Waals surface area contributed by atoms with Crippen molar-refractivity contribution < 1.29 is 23.7 Å². The highest BCUT2D eigenvalue weighted by Crippen LogP contribution is 2.29. The Bertz CT molecular complexity index is 1080. The molecule has 6 heteroatoms. The van der Waals surface area contributed by atoms with E-state index in [2.05, 4.69) is 19.1 Å². The molecule has 0 aliphatic carbocycles. The second-order valence-electron chi connectivity index (χ2n) is 8.16. The summed E-state index contributed by atoms with van der Waals surface area (Å²) in [4.78, 5) is 4.80. The first-order chi connectivity index (χ1) is 17.2. The van der Waals surface area contributed by atoms with Crippen LogP contribution in [0.2, 0.25) is 0 Å². The zero-order chi connectivity index (χ0) is 24.3. The molecule has 1 atom stereocenters. The Balaban J connectivity index is 1.57. The fourth-order valence-electron chi connectivity index (χ4n) is 3.80. The molecule has 1 fully saturated rings. The summed E-state index contributed by atoms with van der Waals surface area (Å²) in [5.41, 5.74) is 4.02. The average Bonchev–Trinajstić information content (AvgIpc) is 2.91. The van der Waals surface area contributed by atoms with Gasteiger partial charge in [-0.25, -0.2) is 4.98 Å². The topological polar surface area (TPSA) is 59.0 Å². The number of ether oxygens (including phenoxy) is 5. The first-order valence-electron chi connectivity index (χ1n) is 12.2. The van der Waals surface area contributed by atoms with E-state index in [-0.39, 0.29) is 6.10 Å². The lowest BCUT2D eigenvalue weighted by Gasteiger charge is -2.23. The largest absolute Gasteiger partial charge is 0.494 e. The standard InChI is InChI=1S/C29H33NO5/c1-3-26-27(15-12-22-10-13-24(14-11-22)32-4-2)30-29(35-21-25-20-31-16-17-33-25)18-28(26)34-19-23-8-6-5-7-9-23/h5-15,18,25H,3-4,16-17,19-21H2,1-2H3/b15-12+. The molecule has 0 radical (unpaired) electrons. The molecule has 1 unspecified atom stereocenters. The third kappa shape index (κ3) is 7.31. The van der Waals surface area contributed by atoms with Crippen molar-refractivity contribution in [1.29, 1.82) is 0 Å². The number of hydrogen-bond donors (Lipinski definition) is 0. The average molecular weight is 476 g/mol. The highest BCUT2D eigenvalue weighted by molar-refractivity contribution is 5.71. The first-order valence-corrected chi connectivity index (χ1v) is 12.2. The Hall–Kier alpha value is -3.35. The maximum atomic E-state index is 6.26. The maximum Gasteiger partial charge on any atom is 0.217 e. The van der Waals surface area contributed by atoms with E-state index in [1.54, 1.807) is 0 Å². The molecule has 1 aromatic heterocycles. The van der Waals surface area contributed by atoms with Gasteiger partial charge in [-0.1, -0.05) is 55.5 Å². The number of pyridine rings is 1. The van der Waals surface area contributed by atoms with Crippen LogP contribution in [-0.2, 0) is 22.5 Å². The van der Waals surface area contributed by atoms with Gasteiger partial charge in [0, 0.05) is 11.6 Å². The molecule has 6 nitrogen and oxygen atoms in total. The fourth-order valence-corrected chi connectivity index (χ4v) is 3.80. The van der Waals surface area contributed by atoms with Crippen molar-refractivity contribution in [3.05, 3.63) is 83.0 Å². The molecule has 0 N–H and O–H groups in total. The monoisotopic (exact) mass is 475 g/mol. The molecular weight excluding hydrogens is 442 g/mol. The van der Waals surface area contributed by atoms with Crippen LogP contribution in [0.5, 0.6) is 17.4 Å². The summed E-state index contributed by atoms with van der Waals surface area (Å²) < 4.78 is 29.0. The van der Waals surface area contributed by atoms with E-state index in [0.717, 1.165) is 40.3 Å². The summed E-state index contributed by atoms with van der Waals surface area (Å²) in [6.07, 6.45) is 4.73. The molecular formula is C29H33NO5. The lowest BCUT2D eigenvalue weighted by molar-refractivity contribution is -0.102. The SMILES string of the molecule is CCOc1ccc(/C=C/c2nc(OCC3COCCO3)cc(OCc3ccccc3)c2CC)cc1. The smallest absolute Gasteiger partial charge is 0.217 e. The highest BCUT2D eigenvalue weighted by atomic mass is 16.6. The van der Waals surface area contributed by atoms with E-state index >= 15 is 0 Å². The van der Waals surface area contributed by atoms with Gasteiger partial charge >= 0.3 is 0 Å². The van der Waals surface area contributed by atoms with Crippen LogP contribution in [0.4, 0.5) is 0 Å². The van der Waals surface area contributed by atoms with E-state index in [1.807, 2.05) is 67.6 Å². The number of nitrogens with zero attached hydrogens (tertiary/aromatic N) is 1. The van der Waals surface area contributed by atoms with Crippen molar-refractivity contribution in [2.75, 3.05) is 33.0 Å². The van der Waals surface area contributed by atoms with Crippen molar-refractivity contribution in [2.45, 2.75) is 33.0 Å². The summed E-state index contributed by atoms with van der Waals surface area (Å²) >= 11 is 0. The Morgan fingerprint density at radius 1 is 0.943 bits per heavy atom. The van der Waals surface area contributed by atoms with Crippen molar-refractivity contribution >= 4 is 12.2 Å². The zero-order valence-corrected chi connectivity index (χ0v) is 20.4. The van der Waals surface area contributed by atoms with E-state index in [4.69, 9.17) is 28.7 Å². The highest BCUT2D eigenvalue weighted by Gasteiger charge is 2.17. The van der Waals surface area contributed by atoms with Gasteiger partial charge in [0.2, 0.25) is 5.88 Å². The van der Waals surface area contributed by atoms with Crippen LogP contribution in [0.15, 0.2) is 60.7 Å². The Morgan fingerprint density at radius 2 is 1.77 bits per heavy atom. The van der Waals surface area contributed by atoms with Gasteiger partial charge in [0.05, 0.1) is 32.1 Å². The number of benzene rings is 2. The lowest BCUT2D eigenvalue weighted by Crippen LogP contribution is -2.33. The van der Waals surface area contributed by atoms with Crippen LogP contribution in [-0.4, -0.2) is 44.1 Å². The number of aromatic nitrogens is 1. The molecule has 0 amide bonds. The third-order valence-corrected chi connectivity index (χ3v) is 5.61. The van der Waals surface area contributed by atoms with Gasteiger partial charge in [0.1, 0.15) is 30.8 Å². The molecule has 184 valence electrons. The Labute approximate surface area is 207 Å².